The first kappa shape index (κ1) is 30.9. The summed E-state index contributed by atoms with van der Waals surface area (Å²) >= 11 is 6.02. The zero-order valence-corrected chi connectivity index (χ0v) is 24.4. The molecule has 1 N–H and O–H groups in total. The lowest BCUT2D eigenvalue weighted by Gasteiger charge is -2.32. The van der Waals surface area contributed by atoms with Gasteiger partial charge in [0.2, 0.25) is 11.8 Å². The minimum Gasteiger partial charge on any atom is -0.497 e. The lowest BCUT2D eigenvalue weighted by Crippen LogP contribution is -2.52. The van der Waals surface area contributed by atoms with E-state index >= 15 is 0 Å². The summed E-state index contributed by atoms with van der Waals surface area (Å²) in [4.78, 5) is 28.2. The van der Waals surface area contributed by atoms with Gasteiger partial charge in [-0.25, -0.2) is 12.8 Å². The highest BCUT2D eigenvalue weighted by Gasteiger charge is 2.32. The van der Waals surface area contributed by atoms with Gasteiger partial charge in [-0.2, -0.15) is 0 Å². The van der Waals surface area contributed by atoms with Crippen LogP contribution in [0.1, 0.15) is 32.8 Å². The van der Waals surface area contributed by atoms with Crippen LogP contribution < -0.4 is 14.4 Å². The van der Waals surface area contributed by atoms with Crippen molar-refractivity contribution in [1.82, 2.24) is 10.2 Å². The lowest BCUT2D eigenvalue weighted by molar-refractivity contribution is -0.139. The van der Waals surface area contributed by atoms with Crippen molar-refractivity contribution in [3.8, 4) is 5.75 Å². The number of nitrogens with zero attached hydrogens (tertiary/aromatic N) is 2. The molecule has 3 aromatic rings. The van der Waals surface area contributed by atoms with Crippen molar-refractivity contribution in [2.75, 3.05) is 18.0 Å². The Morgan fingerprint density at radius 1 is 0.975 bits per heavy atom. The number of rotatable bonds is 12. The largest absolute Gasteiger partial charge is 0.497 e. The minimum absolute atomic E-state index is 0.0327. The maximum Gasteiger partial charge on any atom is 0.264 e. The van der Waals surface area contributed by atoms with Gasteiger partial charge in [-0.3, -0.25) is 13.9 Å². The average Bonchev–Trinajstić information content (AvgIpc) is 2.95. The fourth-order valence-corrected chi connectivity index (χ4v) is 5.39. The third-order valence-corrected chi connectivity index (χ3v) is 8.52. The van der Waals surface area contributed by atoms with Crippen molar-refractivity contribution >= 4 is 39.1 Å². The van der Waals surface area contributed by atoms with E-state index in [0.29, 0.717) is 22.8 Å². The van der Waals surface area contributed by atoms with Gasteiger partial charge in [-0.05, 0) is 86.5 Å². The molecule has 3 aromatic carbocycles. The van der Waals surface area contributed by atoms with Gasteiger partial charge < -0.3 is 15.0 Å². The van der Waals surface area contributed by atoms with Gasteiger partial charge >= 0.3 is 0 Å². The number of carbonyl (C=O) groups is 2. The summed E-state index contributed by atoms with van der Waals surface area (Å²) < 4.78 is 47.3. The summed E-state index contributed by atoms with van der Waals surface area (Å²) in [6, 6.07) is 16.3. The molecule has 0 saturated heterocycles. The Balaban J connectivity index is 2.01. The number of carbonyl (C=O) groups excluding carboxylic acids is 2. The van der Waals surface area contributed by atoms with Crippen molar-refractivity contribution in [3.05, 3.63) is 89.2 Å². The molecule has 0 aliphatic carbocycles. The van der Waals surface area contributed by atoms with E-state index in [1.807, 2.05) is 13.8 Å². The topological polar surface area (TPSA) is 96.0 Å². The Morgan fingerprint density at radius 3 is 2.12 bits per heavy atom. The highest BCUT2D eigenvalue weighted by molar-refractivity contribution is 7.92. The maximum absolute atomic E-state index is 13.9. The number of sulfonamides is 1. The van der Waals surface area contributed by atoms with Gasteiger partial charge in [0.05, 0.1) is 17.7 Å². The molecule has 0 radical (unpaired) electrons. The SMILES string of the molecule is CC[C@H](C)NC(=O)[C@@H](C)N(Cc1ccc(Cl)cc1)C(=O)CN(c1ccc(F)cc1)S(=O)(=O)c1ccc(OC)cc1. The van der Waals surface area contributed by atoms with Crippen molar-refractivity contribution in [2.45, 2.75) is 50.7 Å². The molecule has 0 fully saturated rings. The standard InChI is InChI=1S/C29H33ClFN3O5S/c1-5-20(2)32-29(36)21(3)33(18-22-6-8-23(30)9-7-22)28(35)19-34(25-12-10-24(31)11-13-25)40(37,38)27-16-14-26(39-4)15-17-27/h6-17,20-21H,5,18-19H2,1-4H3,(H,32,36)/t20-,21+/m0/s1. The molecule has 8 nitrogen and oxygen atoms in total. The number of amides is 2. The quantitative estimate of drug-likeness (QED) is 0.320. The number of methoxy groups -OCH3 is 1. The molecule has 0 saturated carbocycles. The summed E-state index contributed by atoms with van der Waals surface area (Å²) in [5.41, 5.74) is 0.793. The minimum atomic E-state index is -4.28. The van der Waals surface area contributed by atoms with Crippen LogP contribution in [0.15, 0.2) is 77.7 Å². The van der Waals surface area contributed by atoms with E-state index in [9.17, 15) is 22.4 Å². The molecule has 0 heterocycles. The van der Waals surface area contributed by atoms with Crippen molar-refractivity contribution < 1.29 is 27.1 Å². The lowest BCUT2D eigenvalue weighted by atomic mass is 10.1. The van der Waals surface area contributed by atoms with E-state index in [4.69, 9.17) is 16.3 Å². The molecule has 0 aliphatic rings. The maximum atomic E-state index is 13.9. The van der Waals surface area contributed by atoms with Crippen LogP contribution >= 0.6 is 11.6 Å². The van der Waals surface area contributed by atoms with Gasteiger partial charge in [0.25, 0.3) is 10.0 Å². The zero-order valence-electron chi connectivity index (χ0n) is 22.8. The van der Waals surface area contributed by atoms with Crippen LogP contribution in [0, 0.1) is 5.82 Å². The van der Waals surface area contributed by atoms with E-state index in [1.54, 1.807) is 31.2 Å². The molecule has 40 heavy (non-hydrogen) atoms. The van der Waals surface area contributed by atoms with E-state index in [0.717, 1.165) is 16.4 Å². The van der Waals surface area contributed by atoms with E-state index in [2.05, 4.69) is 5.32 Å². The Hall–Kier alpha value is -3.63. The van der Waals surface area contributed by atoms with Crippen molar-refractivity contribution in [1.29, 1.82) is 0 Å². The monoisotopic (exact) mass is 589 g/mol. The Kier molecular flexibility index (Phi) is 10.5. The fourth-order valence-electron chi connectivity index (χ4n) is 3.85. The third kappa shape index (κ3) is 7.73. The van der Waals surface area contributed by atoms with Gasteiger partial charge in [-0.1, -0.05) is 30.7 Å². The predicted molar refractivity (Wildman–Crippen MR) is 153 cm³/mol. The molecular formula is C29H33ClFN3O5S. The van der Waals surface area contributed by atoms with Crippen LogP contribution in [0.25, 0.3) is 0 Å². The summed E-state index contributed by atoms with van der Waals surface area (Å²) in [5.74, 6) is -1.10. The average molecular weight is 590 g/mol. The number of halogens is 2. The number of hydrogen-bond donors (Lipinski definition) is 1. The van der Waals surface area contributed by atoms with Gasteiger partial charge in [0.15, 0.2) is 0 Å². The first-order chi connectivity index (χ1) is 19.0. The predicted octanol–water partition coefficient (Wildman–Crippen LogP) is 5.02. The Morgan fingerprint density at radius 2 is 1.57 bits per heavy atom. The summed E-state index contributed by atoms with van der Waals surface area (Å²) in [6.45, 7) is 4.77. The van der Waals surface area contributed by atoms with Gasteiger partial charge in [0, 0.05) is 17.6 Å². The fraction of sp³-hybridized carbons (Fsp3) is 0.310. The van der Waals surface area contributed by atoms with Crippen LogP contribution in [0.4, 0.5) is 10.1 Å². The molecule has 11 heteroatoms. The molecular weight excluding hydrogens is 557 g/mol. The number of hydrogen-bond acceptors (Lipinski definition) is 5. The molecule has 0 aliphatic heterocycles. The normalized spacial score (nSPS) is 12.8. The van der Waals surface area contributed by atoms with E-state index < -0.39 is 34.3 Å². The second-order valence-corrected chi connectivity index (χ2v) is 11.6. The highest BCUT2D eigenvalue weighted by atomic mass is 35.5. The van der Waals surface area contributed by atoms with Crippen molar-refractivity contribution in [3.63, 3.8) is 0 Å². The van der Waals surface area contributed by atoms with Crippen molar-refractivity contribution in [2.24, 2.45) is 0 Å². The molecule has 3 rings (SSSR count). The number of nitrogens with one attached hydrogen (secondary N) is 1. The molecule has 2 atom stereocenters. The second-order valence-electron chi connectivity index (χ2n) is 9.31. The summed E-state index contributed by atoms with van der Waals surface area (Å²) in [7, 11) is -2.82. The number of ether oxygens (including phenoxy) is 1. The molecule has 0 unspecified atom stereocenters. The van der Waals surface area contributed by atoms with E-state index in [-0.39, 0.29) is 29.1 Å². The van der Waals surface area contributed by atoms with Gasteiger partial charge in [-0.15, -0.1) is 0 Å². The van der Waals surface area contributed by atoms with Crippen LogP contribution in [-0.4, -0.2) is 50.9 Å². The molecule has 0 bridgehead atoms. The molecule has 0 aromatic heterocycles. The summed E-state index contributed by atoms with van der Waals surface area (Å²) in [6.07, 6.45) is 0.696. The summed E-state index contributed by atoms with van der Waals surface area (Å²) in [5, 5.41) is 3.39. The molecule has 2 amide bonds. The Labute approximate surface area is 239 Å². The molecule has 0 spiro atoms. The first-order valence-corrected chi connectivity index (χ1v) is 14.5. The van der Waals surface area contributed by atoms with Crippen LogP contribution in [0.2, 0.25) is 5.02 Å². The van der Waals surface area contributed by atoms with Crippen LogP contribution in [0.5, 0.6) is 5.75 Å². The van der Waals surface area contributed by atoms with Gasteiger partial charge in [0.1, 0.15) is 24.2 Å². The second kappa shape index (κ2) is 13.6. The smallest absolute Gasteiger partial charge is 0.264 e. The number of anilines is 1. The highest BCUT2D eigenvalue weighted by Crippen LogP contribution is 2.26. The van der Waals surface area contributed by atoms with Crippen LogP contribution in [0.3, 0.4) is 0 Å². The Bertz CT molecular complexity index is 1400. The molecule has 214 valence electrons. The zero-order chi connectivity index (χ0) is 29.4. The number of benzene rings is 3. The first-order valence-electron chi connectivity index (χ1n) is 12.7. The van der Waals surface area contributed by atoms with Crippen LogP contribution in [-0.2, 0) is 26.2 Å². The van der Waals surface area contributed by atoms with E-state index in [1.165, 1.54) is 48.4 Å². The third-order valence-electron chi connectivity index (χ3n) is 6.48.